The number of hydrogen-bond acceptors (Lipinski definition) is 4. The minimum atomic E-state index is -0.0811. The van der Waals surface area contributed by atoms with Crippen molar-refractivity contribution in [3.8, 4) is 0 Å². The van der Waals surface area contributed by atoms with Gasteiger partial charge in [0.15, 0.2) is 0 Å². The molecule has 0 radical (unpaired) electrons. The summed E-state index contributed by atoms with van der Waals surface area (Å²) in [6, 6.07) is 5.73. The Hall–Kier alpha value is -2.90. The molecule has 1 atom stereocenters. The second-order valence-electron chi connectivity index (χ2n) is 6.13. The van der Waals surface area contributed by atoms with Gasteiger partial charge < -0.3 is 10.2 Å². The molecule has 1 fully saturated rings. The number of benzene rings is 1. The third-order valence-electron chi connectivity index (χ3n) is 4.53. The molecule has 0 saturated carbocycles. The summed E-state index contributed by atoms with van der Waals surface area (Å²) >= 11 is 0. The van der Waals surface area contributed by atoms with Gasteiger partial charge in [0.05, 0.1) is 11.7 Å². The van der Waals surface area contributed by atoms with Crippen LogP contribution >= 0.6 is 0 Å². The van der Waals surface area contributed by atoms with Crippen LogP contribution in [0.25, 0.3) is 10.9 Å². The molecule has 0 spiro atoms. The van der Waals surface area contributed by atoms with Gasteiger partial charge in [0.2, 0.25) is 0 Å². The van der Waals surface area contributed by atoms with Crippen LogP contribution in [0.1, 0.15) is 24.6 Å². The van der Waals surface area contributed by atoms with Crippen molar-refractivity contribution in [1.29, 1.82) is 0 Å². The fourth-order valence-electron chi connectivity index (χ4n) is 3.24. The number of anilines is 1. The van der Waals surface area contributed by atoms with Crippen molar-refractivity contribution < 1.29 is 4.79 Å². The molecule has 1 aliphatic rings. The lowest BCUT2D eigenvalue weighted by atomic mass is 9.98. The molecule has 2 aromatic heterocycles. The van der Waals surface area contributed by atoms with Crippen molar-refractivity contribution in [2.75, 3.05) is 18.4 Å². The van der Waals surface area contributed by atoms with E-state index in [0.29, 0.717) is 6.54 Å². The summed E-state index contributed by atoms with van der Waals surface area (Å²) in [6.07, 6.45) is 5.28. The maximum absolute atomic E-state index is 12.6. The lowest BCUT2D eigenvalue weighted by molar-refractivity contribution is 0.191. The van der Waals surface area contributed by atoms with Gasteiger partial charge in [0.25, 0.3) is 0 Å². The van der Waals surface area contributed by atoms with Crippen molar-refractivity contribution in [3.63, 3.8) is 0 Å². The Morgan fingerprint density at radius 1 is 1.42 bits per heavy atom. The van der Waals surface area contributed by atoms with Crippen LogP contribution in [0.4, 0.5) is 10.5 Å². The minimum Gasteiger partial charge on any atom is -0.324 e. The molecule has 1 saturated heterocycles. The summed E-state index contributed by atoms with van der Waals surface area (Å²) in [5.74, 6) is 1.07. The van der Waals surface area contributed by atoms with E-state index in [9.17, 15) is 4.79 Å². The first-order chi connectivity index (χ1) is 11.7. The van der Waals surface area contributed by atoms with Gasteiger partial charge >= 0.3 is 6.03 Å². The van der Waals surface area contributed by atoms with Gasteiger partial charge in [-0.15, -0.1) is 0 Å². The number of piperidine rings is 1. The smallest absolute Gasteiger partial charge is 0.321 e. The van der Waals surface area contributed by atoms with Gasteiger partial charge in [0.1, 0.15) is 12.2 Å². The molecule has 0 unspecified atom stereocenters. The number of aryl methyl sites for hydroxylation is 1. The fraction of sp³-hybridized carbons (Fsp3) is 0.375. The number of aromatic amines is 1. The van der Waals surface area contributed by atoms with Gasteiger partial charge in [-0.25, -0.2) is 9.78 Å². The zero-order chi connectivity index (χ0) is 16.5. The van der Waals surface area contributed by atoms with Crippen LogP contribution in [0.5, 0.6) is 0 Å². The van der Waals surface area contributed by atoms with Gasteiger partial charge in [-0.2, -0.15) is 10.2 Å². The standard InChI is InChI=1S/C16H19N7O/c1-22-14-5-4-13(7-12(14)8-19-22)20-16(24)23-6-2-3-11(9-23)15-17-10-18-21-15/h4-5,7-8,10-11H,2-3,6,9H2,1H3,(H,20,24)(H,17,18,21)/t11-/m1/s1. The summed E-state index contributed by atoms with van der Waals surface area (Å²) in [5, 5.41) is 15.0. The molecular weight excluding hydrogens is 306 g/mol. The second-order valence-corrected chi connectivity index (χ2v) is 6.13. The number of likely N-dealkylation sites (tertiary alicyclic amines) is 1. The van der Waals surface area contributed by atoms with Crippen molar-refractivity contribution in [2.24, 2.45) is 7.05 Å². The van der Waals surface area contributed by atoms with E-state index in [4.69, 9.17) is 0 Å². The number of rotatable bonds is 2. The number of urea groups is 1. The summed E-state index contributed by atoms with van der Waals surface area (Å²) < 4.78 is 1.81. The summed E-state index contributed by atoms with van der Waals surface area (Å²) in [6.45, 7) is 1.40. The molecule has 8 heteroatoms. The molecule has 3 aromatic rings. The highest BCUT2D eigenvalue weighted by Crippen LogP contribution is 2.25. The monoisotopic (exact) mass is 325 g/mol. The fourth-order valence-corrected chi connectivity index (χ4v) is 3.24. The summed E-state index contributed by atoms with van der Waals surface area (Å²) in [5.41, 5.74) is 1.82. The number of nitrogens with zero attached hydrogens (tertiary/aromatic N) is 5. The Morgan fingerprint density at radius 2 is 2.33 bits per heavy atom. The Bertz CT molecular complexity index is 855. The first-order valence-corrected chi connectivity index (χ1v) is 8.03. The topological polar surface area (TPSA) is 91.7 Å². The number of carbonyl (C=O) groups is 1. The first-order valence-electron chi connectivity index (χ1n) is 8.03. The average molecular weight is 325 g/mol. The van der Waals surface area contributed by atoms with Crippen LogP contribution in [0.2, 0.25) is 0 Å². The number of nitrogens with one attached hydrogen (secondary N) is 2. The quantitative estimate of drug-likeness (QED) is 0.755. The zero-order valence-electron chi connectivity index (χ0n) is 13.4. The van der Waals surface area contributed by atoms with Crippen LogP contribution in [0, 0.1) is 0 Å². The predicted octanol–water partition coefficient (Wildman–Crippen LogP) is 2.10. The van der Waals surface area contributed by atoms with E-state index in [2.05, 4.69) is 25.6 Å². The molecule has 8 nitrogen and oxygen atoms in total. The highest BCUT2D eigenvalue weighted by atomic mass is 16.2. The number of hydrogen-bond donors (Lipinski definition) is 2. The largest absolute Gasteiger partial charge is 0.324 e. The Balaban J connectivity index is 1.46. The predicted molar refractivity (Wildman–Crippen MR) is 89.7 cm³/mol. The third-order valence-corrected chi connectivity index (χ3v) is 4.53. The van der Waals surface area contributed by atoms with Crippen LogP contribution < -0.4 is 5.32 Å². The summed E-state index contributed by atoms with van der Waals surface area (Å²) in [7, 11) is 1.90. The maximum Gasteiger partial charge on any atom is 0.321 e. The number of carbonyl (C=O) groups excluding carboxylic acids is 1. The normalized spacial score (nSPS) is 18.0. The van der Waals surface area contributed by atoms with E-state index < -0.39 is 0 Å². The molecule has 24 heavy (non-hydrogen) atoms. The van der Waals surface area contributed by atoms with Gasteiger partial charge in [-0.05, 0) is 31.0 Å². The first kappa shape index (κ1) is 14.7. The number of fused-ring (bicyclic) bond motifs is 1. The van der Waals surface area contributed by atoms with Crippen LogP contribution in [0.15, 0.2) is 30.7 Å². The van der Waals surface area contributed by atoms with Gasteiger partial charge in [-0.3, -0.25) is 9.78 Å². The lowest BCUT2D eigenvalue weighted by Gasteiger charge is -2.31. The third kappa shape index (κ3) is 2.70. The van der Waals surface area contributed by atoms with Gasteiger partial charge in [-0.1, -0.05) is 0 Å². The van der Waals surface area contributed by atoms with Crippen LogP contribution in [-0.4, -0.2) is 49.0 Å². The molecule has 1 aromatic carbocycles. The molecule has 1 aliphatic heterocycles. The minimum absolute atomic E-state index is 0.0811. The Morgan fingerprint density at radius 3 is 3.17 bits per heavy atom. The van der Waals surface area contributed by atoms with E-state index >= 15 is 0 Å². The molecule has 3 heterocycles. The molecule has 2 N–H and O–H groups in total. The average Bonchev–Trinajstić information content (AvgIpc) is 3.25. The van der Waals surface area contributed by atoms with Crippen molar-refractivity contribution >= 4 is 22.6 Å². The molecule has 0 bridgehead atoms. The van der Waals surface area contributed by atoms with E-state index in [1.54, 1.807) is 6.20 Å². The van der Waals surface area contributed by atoms with E-state index in [1.807, 2.05) is 34.8 Å². The van der Waals surface area contributed by atoms with E-state index in [1.165, 1.54) is 6.33 Å². The highest BCUT2D eigenvalue weighted by Gasteiger charge is 2.26. The maximum atomic E-state index is 12.6. The number of amides is 2. The van der Waals surface area contributed by atoms with Crippen molar-refractivity contribution in [3.05, 3.63) is 36.5 Å². The van der Waals surface area contributed by atoms with Gasteiger partial charge in [0, 0.05) is 37.1 Å². The summed E-state index contributed by atoms with van der Waals surface area (Å²) in [4.78, 5) is 18.6. The number of H-pyrrole nitrogens is 1. The van der Waals surface area contributed by atoms with Crippen LogP contribution in [-0.2, 0) is 7.05 Å². The second kappa shape index (κ2) is 5.95. The molecule has 0 aliphatic carbocycles. The van der Waals surface area contributed by atoms with Crippen LogP contribution in [0.3, 0.4) is 0 Å². The van der Waals surface area contributed by atoms with Crippen molar-refractivity contribution in [1.82, 2.24) is 29.9 Å². The van der Waals surface area contributed by atoms with E-state index in [-0.39, 0.29) is 11.9 Å². The molecule has 2 amide bonds. The Labute approximate surface area is 138 Å². The lowest BCUT2D eigenvalue weighted by Crippen LogP contribution is -2.41. The van der Waals surface area contributed by atoms with E-state index in [0.717, 1.165) is 41.8 Å². The Kier molecular flexibility index (Phi) is 3.64. The number of aromatic nitrogens is 5. The van der Waals surface area contributed by atoms with Crippen molar-refractivity contribution in [2.45, 2.75) is 18.8 Å². The molecular formula is C16H19N7O. The molecule has 124 valence electrons. The highest BCUT2D eigenvalue weighted by molar-refractivity contribution is 5.92. The zero-order valence-corrected chi connectivity index (χ0v) is 13.4. The molecule has 4 rings (SSSR count). The SMILES string of the molecule is Cn1ncc2cc(NC(=O)N3CCC[C@@H](c4ncn[nH]4)C3)ccc21.